The van der Waals surface area contributed by atoms with E-state index in [0.29, 0.717) is 30.9 Å². The van der Waals surface area contributed by atoms with E-state index in [4.69, 9.17) is 14.2 Å². The van der Waals surface area contributed by atoms with Crippen molar-refractivity contribution in [3.8, 4) is 17.2 Å². The summed E-state index contributed by atoms with van der Waals surface area (Å²) in [5, 5.41) is 4.21. The van der Waals surface area contributed by atoms with Crippen LogP contribution in [-0.2, 0) is 11.2 Å². The van der Waals surface area contributed by atoms with Crippen molar-refractivity contribution >= 4 is 16.8 Å². The molecule has 0 radical (unpaired) electrons. The lowest BCUT2D eigenvalue weighted by atomic mass is 9.88. The molecule has 0 unspecified atom stereocenters. The Labute approximate surface area is 199 Å². The molecule has 0 aliphatic heterocycles. The SMILES string of the molecule is COc1ccc([C@H](CC(=O)NCCc2ccc(OC)c(OC)c2)c2c[nH]c3ccccc23)cc1. The largest absolute Gasteiger partial charge is 0.497 e. The van der Waals surface area contributed by atoms with Gasteiger partial charge in [-0.2, -0.15) is 0 Å². The summed E-state index contributed by atoms with van der Waals surface area (Å²) in [5.41, 5.74) is 4.31. The Morgan fingerprint density at radius 3 is 2.41 bits per heavy atom. The quantitative estimate of drug-likeness (QED) is 0.348. The number of para-hydroxylation sites is 1. The van der Waals surface area contributed by atoms with Gasteiger partial charge >= 0.3 is 0 Å². The van der Waals surface area contributed by atoms with Gasteiger partial charge in [0, 0.05) is 36.0 Å². The van der Waals surface area contributed by atoms with E-state index < -0.39 is 0 Å². The molecule has 4 aromatic rings. The van der Waals surface area contributed by atoms with E-state index in [9.17, 15) is 4.79 Å². The van der Waals surface area contributed by atoms with Gasteiger partial charge in [-0.05, 0) is 53.4 Å². The number of carbonyl (C=O) groups is 1. The minimum atomic E-state index is -0.0804. The lowest BCUT2D eigenvalue weighted by Gasteiger charge is -2.18. The second kappa shape index (κ2) is 10.8. The molecule has 1 atom stereocenters. The van der Waals surface area contributed by atoms with Gasteiger partial charge in [0.15, 0.2) is 11.5 Å². The standard InChI is InChI=1S/C28H30N2O4/c1-32-21-11-9-20(10-12-21)23(24-18-30-25-7-5-4-6-22(24)25)17-28(31)29-15-14-19-8-13-26(33-2)27(16-19)34-3/h4-13,16,18,23,30H,14-15,17H2,1-3H3,(H,29,31)/t23-/m0/s1. The van der Waals surface area contributed by atoms with E-state index in [1.807, 2.05) is 66.9 Å². The highest BCUT2D eigenvalue weighted by Crippen LogP contribution is 2.34. The monoisotopic (exact) mass is 458 g/mol. The molecule has 0 aliphatic carbocycles. The number of hydrogen-bond donors (Lipinski definition) is 2. The molecule has 6 heteroatoms. The van der Waals surface area contributed by atoms with Gasteiger partial charge in [0.2, 0.25) is 5.91 Å². The van der Waals surface area contributed by atoms with Crippen molar-refractivity contribution in [3.63, 3.8) is 0 Å². The highest BCUT2D eigenvalue weighted by molar-refractivity contribution is 5.86. The molecule has 176 valence electrons. The van der Waals surface area contributed by atoms with E-state index in [2.05, 4.69) is 16.4 Å². The second-order valence-electron chi connectivity index (χ2n) is 8.11. The van der Waals surface area contributed by atoms with Crippen molar-refractivity contribution in [2.45, 2.75) is 18.8 Å². The zero-order chi connectivity index (χ0) is 23.9. The molecular formula is C28H30N2O4. The maximum atomic E-state index is 13.0. The number of aromatic nitrogens is 1. The van der Waals surface area contributed by atoms with Gasteiger partial charge in [-0.1, -0.05) is 36.4 Å². The highest BCUT2D eigenvalue weighted by atomic mass is 16.5. The normalized spacial score (nSPS) is 11.7. The Bertz CT molecular complexity index is 1250. The molecule has 0 bridgehead atoms. The number of fused-ring (bicyclic) bond motifs is 1. The lowest BCUT2D eigenvalue weighted by molar-refractivity contribution is -0.121. The third kappa shape index (κ3) is 5.17. The van der Waals surface area contributed by atoms with Crippen LogP contribution in [0.5, 0.6) is 17.2 Å². The van der Waals surface area contributed by atoms with Gasteiger partial charge < -0.3 is 24.5 Å². The molecule has 6 nitrogen and oxygen atoms in total. The predicted molar refractivity (Wildman–Crippen MR) is 134 cm³/mol. The van der Waals surface area contributed by atoms with Crippen LogP contribution in [0.15, 0.2) is 72.9 Å². The van der Waals surface area contributed by atoms with E-state index in [-0.39, 0.29) is 11.8 Å². The number of ether oxygens (including phenoxy) is 3. The Morgan fingerprint density at radius 2 is 1.68 bits per heavy atom. The van der Waals surface area contributed by atoms with Crippen LogP contribution < -0.4 is 19.5 Å². The zero-order valence-corrected chi connectivity index (χ0v) is 19.8. The van der Waals surface area contributed by atoms with E-state index in [1.165, 1.54) is 0 Å². The van der Waals surface area contributed by atoms with Crippen LogP contribution >= 0.6 is 0 Å². The van der Waals surface area contributed by atoms with Crippen molar-refractivity contribution in [3.05, 3.63) is 89.6 Å². The van der Waals surface area contributed by atoms with Crippen LogP contribution in [-0.4, -0.2) is 38.8 Å². The first kappa shape index (κ1) is 23.2. The maximum absolute atomic E-state index is 13.0. The van der Waals surface area contributed by atoms with Crippen molar-refractivity contribution in [2.75, 3.05) is 27.9 Å². The smallest absolute Gasteiger partial charge is 0.220 e. The van der Waals surface area contributed by atoms with Crippen LogP contribution in [0.2, 0.25) is 0 Å². The number of methoxy groups -OCH3 is 3. The van der Waals surface area contributed by atoms with Gasteiger partial charge in [0.05, 0.1) is 21.3 Å². The van der Waals surface area contributed by atoms with E-state index in [1.54, 1.807) is 21.3 Å². The first-order valence-electron chi connectivity index (χ1n) is 11.3. The van der Waals surface area contributed by atoms with E-state index in [0.717, 1.165) is 33.3 Å². The minimum absolute atomic E-state index is 0.00609. The fourth-order valence-electron chi connectivity index (χ4n) is 4.27. The molecule has 0 saturated carbocycles. The summed E-state index contributed by atoms with van der Waals surface area (Å²) in [6.07, 6.45) is 3.06. The number of amides is 1. The van der Waals surface area contributed by atoms with Crippen LogP contribution in [0.4, 0.5) is 0 Å². The van der Waals surface area contributed by atoms with Crippen molar-refractivity contribution in [2.24, 2.45) is 0 Å². The maximum Gasteiger partial charge on any atom is 0.220 e. The van der Waals surface area contributed by atoms with Gasteiger partial charge in [0.25, 0.3) is 0 Å². The average molecular weight is 459 g/mol. The third-order valence-corrected chi connectivity index (χ3v) is 6.09. The van der Waals surface area contributed by atoms with E-state index >= 15 is 0 Å². The van der Waals surface area contributed by atoms with Crippen LogP contribution in [0.1, 0.15) is 29.0 Å². The topological polar surface area (TPSA) is 72.6 Å². The molecule has 1 aromatic heterocycles. The van der Waals surface area contributed by atoms with Crippen LogP contribution in [0.25, 0.3) is 10.9 Å². The van der Waals surface area contributed by atoms with Crippen LogP contribution in [0, 0.1) is 0 Å². The molecule has 1 heterocycles. The Balaban J connectivity index is 1.48. The first-order valence-corrected chi connectivity index (χ1v) is 11.3. The van der Waals surface area contributed by atoms with Gasteiger partial charge in [-0.3, -0.25) is 4.79 Å². The minimum Gasteiger partial charge on any atom is -0.497 e. The molecular weight excluding hydrogens is 428 g/mol. The van der Waals surface area contributed by atoms with Crippen molar-refractivity contribution in [1.29, 1.82) is 0 Å². The molecule has 1 amide bonds. The number of benzene rings is 3. The van der Waals surface area contributed by atoms with Gasteiger partial charge in [-0.25, -0.2) is 0 Å². The zero-order valence-electron chi connectivity index (χ0n) is 19.8. The summed E-state index contributed by atoms with van der Waals surface area (Å²) in [4.78, 5) is 16.3. The average Bonchev–Trinajstić information content (AvgIpc) is 3.31. The number of nitrogens with one attached hydrogen (secondary N) is 2. The lowest BCUT2D eigenvalue weighted by Crippen LogP contribution is -2.27. The number of aromatic amines is 1. The summed E-state index contributed by atoms with van der Waals surface area (Å²) >= 11 is 0. The van der Waals surface area contributed by atoms with Gasteiger partial charge in [-0.15, -0.1) is 0 Å². The Hall–Kier alpha value is -3.93. The molecule has 0 fully saturated rings. The van der Waals surface area contributed by atoms with Crippen LogP contribution in [0.3, 0.4) is 0 Å². The Morgan fingerprint density at radius 1 is 0.912 bits per heavy atom. The predicted octanol–water partition coefficient (Wildman–Crippen LogP) is 5.07. The number of H-pyrrole nitrogens is 1. The number of carbonyl (C=O) groups excluding carboxylic acids is 1. The summed E-state index contributed by atoms with van der Waals surface area (Å²) in [6.45, 7) is 0.539. The van der Waals surface area contributed by atoms with Crippen molar-refractivity contribution < 1.29 is 19.0 Å². The molecule has 4 rings (SSSR count). The molecule has 0 saturated heterocycles. The molecule has 2 N–H and O–H groups in total. The highest BCUT2D eigenvalue weighted by Gasteiger charge is 2.21. The Kier molecular flexibility index (Phi) is 7.38. The van der Waals surface area contributed by atoms with Gasteiger partial charge in [0.1, 0.15) is 5.75 Å². The fraction of sp³-hybridized carbons (Fsp3) is 0.250. The summed E-state index contributed by atoms with van der Waals surface area (Å²) in [7, 11) is 4.89. The molecule has 34 heavy (non-hydrogen) atoms. The fourth-order valence-corrected chi connectivity index (χ4v) is 4.27. The second-order valence-corrected chi connectivity index (χ2v) is 8.11. The summed E-state index contributed by atoms with van der Waals surface area (Å²) in [6, 6.07) is 21.9. The molecule has 0 spiro atoms. The summed E-state index contributed by atoms with van der Waals surface area (Å²) in [5.74, 6) is 2.09. The molecule has 0 aliphatic rings. The number of hydrogen-bond acceptors (Lipinski definition) is 4. The number of rotatable bonds is 10. The third-order valence-electron chi connectivity index (χ3n) is 6.09. The molecule has 3 aromatic carbocycles. The first-order chi connectivity index (χ1) is 16.6. The summed E-state index contributed by atoms with van der Waals surface area (Å²) < 4.78 is 16.0. The van der Waals surface area contributed by atoms with Crippen molar-refractivity contribution in [1.82, 2.24) is 10.3 Å².